The van der Waals surface area contributed by atoms with Gasteiger partial charge in [0, 0.05) is 44.1 Å². The highest BCUT2D eigenvalue weighted by atomic mass is 127. The van der Waals surface area contributed by atoms with E-state index in [1.165, 1.54) is 28.4 Å². The third-order valence-corrected chi connectivity index (χ3v) is 6.80. The summed E-state index contributed by atoms with van der Waals surface area (Å²) in [4.78, 5) is 13.3. The number of halogens is 1. The van der Waals surface area contributed by atoms with E-state index in [0.29, 0.717) is 12.2 Å². The summed E-state index contributed by atoms with van der Waals surface area (Å²) in [6, 6.07) is 0. The molecule has 172 valence electrons. The zero-order valence-corrected chi connectivity index (χ0v) is 22.0. The van der Waals surface area contributed by atoms with Crippen LogP contribution in [0.4, 0.5) is 0 Å². The fourth-order valence-electron chi connectivity index (χ4n) is 4.02. The van der Waals surface area contributed by atoms with Crippen molar-refractivity contribution in [2.45, 2.75) is 77.9 Å². The Labute approximate surface area is 203 Å². The van der Waals surface area contributed by atoms with Crippen LogP contribution in [0.25, 0.3) is 0 Å². The predicted molar refractivity (Wildman–Crippen MR) is 135 cm³/mol. The minimum Gasteiger partial charge on any atom is -0.376 e. The van der Waals surface area contributed by atoms with Gasteiger partial charge in [-0.25, -0.2) is 4.98 Å². The van der Waals surface area contributed by atoms with Crippen molar-refractivity contribution in [1.29, 1.82) is 0 Å². The van der Waals surface area contributed by atoms with Gasteiger partial charge in [-0.3, -0.25) is 4.99 Å². The molecule has 1 aromatic heterocycles. The average Bonchev–Trinajstić information content (AvgIpc) is 3.12. The summed E-state index contributed by atoms with van der Waals surface area (Å²) in [5.74, 6) is 1.03. The Balaban J connectivity index is 0.00000320. The molecular weight excluding hydrogens is 511 g/mol. The smallest absolute Gasteiger partial charge is 0.193 e. The van der Waals surface area contributed by atoms with Gasteiger partial charge in [-0.05, 0) is 52.4 Å². The quantitative estimate of drug-likeness (QED) is 0.299. The molecule has 3 heterocycles. The number of piperidine rings is 1. The van der Waals surface area contributed by atoms with Crippen LogP contribution in [0.3, 0.4) is 0 Å². The van der Waals surface area contributed by atoms with Crippen LogP contribution < -0.4 is 5.32 Å². The van der Waals surface area contributed by atoms with Gasteiger partial charge in [0.15, 0.2) is 5.96 Å². The molecule has 0 radical (unpaired) electrons. The molecular formula is C22H39IN4O2S. The van der Waals surface area contributed by atoms with Gasteiger partial charge in [0.05, 0.1) is 29.5 Å². The van der Waals surface area contributed by atoms with Gasteiger partial charge >= 0.3 is 0 Å². The largest absolute Gasteiger partial charge is 0.376 e. The summed E-state index contributed by atoms with van der Waals surface area (Å²) >= 11 is 1.82. The number of guanidine groups is 1. The highest BCUT2D eigenvalue weighted by Crippen LogP contribution is 2.19. The lowest BCUT2D eigenvalue weighted by Crippen LogP contribution is -2.47. The molecule has 1 atom stereocenters. The van der Waals surface area contributed by atoms with Crippen molar-refractivity contribution < 1.29 is 9.47 Å². The molecule has 3 rings (SSSR count). The Kier molecular flexibility index (Phi) is 11.9. The van der Waals surface area contributed by atoms with E-state index in [2.05, 4.69) is 31.0 Å². The van der Waals surface area contributed by atoms with Crippen LogP contribution in [0.5, 0.6) is 0 Å². The van der Waals surface area contributed by atoms with Crippen LogP contribution >= 0.6 is 35.3 Å². The molecule has 0 aliphatic carbocycles. The molecule has 0 amide bonds. The second-order valence-corrected chi connectivity index (χ2v) is 9.25. The number of aryl methyl sites for hydroxylation is 2. The number of ether oxygens (including phenoxy) is 2. The standard InChI is InChI=1S/C22H38N4O2S.HI/c1-4-20-17(3)29-21(25-20)9-12-24-22(23-5-2)26-13-10-18(11-14-26)28-16-19-8-6-7-15-27-19;/h18-19H,4-16H2,1-3H3,(H,23,24);1H. The van der Waals surface area contributed by atoms with Gasteiger partial charge in [-0.2, -0.15) is 0 Å². The lowest BCUT2D eigenvalue weighted by molar-refractivity contribution is -0.0721. The molecule has 0 bridgehead atoms. The summed E-state index contributed by atoms with van der Waals surface area (Å²) in [5, 5.41) is 4.67. The molecule has 2 saturated heterocycles. The minimum absolute atomic E-state index is 0. The topological polar surface area (TPSA) is 59.0 Å². The second-order valence-electron chi connectivity index (χ2n) is 7.96. The van der Waals surface area contributed by atoms with Gasteiger partial charge in [-0.1, -0.05) is 6.92 Å². The van der Waals surface area contributed by atoms with Crippen molar-refractivity contribution in [3.8, 4) is 0 Å². The summed E-state index contributed by atoms with van der Waals surface area (Å²) in [6.45, 7) is 11.8. The highest BCUT2D eigenvalue weighted by molar-refractivity contribution is 14.0. The second kappa shape index (κ2) is 13.9. The van der Waals surface area contributed by atoms with E-state index in [1.807, 2.05) is 11.3 Å². The van der Waals surface area contributed by atoms with Crippen LogP contribution in [0, 0.1) is 6.92 Å². The first-order valence-electron chi connectivity index (χ1n) is 11.4. The summed E-state index contributed by atoms with van der Waals surface area (Å²) < 4.78 is 11.9. The fourth-order valence-corrected chi connectivity index (χ4v) is 5.03. The molecule has 1 aromatic rings. The third kappa shape index (κ3) is 7.91. The van der Waals surface area contributed by atoms with E-state index < -0.39 is 0 Å². The monoisotopic (exact) mass is 550 g/mol. The van der Waals surface area contributed by atoms with E-state index in [-0.39, 0.29) is 24.0 Å². The summed E-state index contributed by atoms with van der Waals surface area (Å²) in [6.07, 6.45) is 8.33. The molecule has 0 spiro atoms. The number of aliphatic imine (C=N–C) groups is 1. The maximum atomic E-state index is 6.15. The Hall–Kier alpha value is -0.450. The maximum absolute atomic E-state index is 6.15. The number of thiazole rings is 1. The fraction of sp³-hybridized carbons (Fsp3) is 0.818. The highest BCUT2D eigenvalue weighted by Gasteiger charge is 2.23. The number of likely N-dealkylation sites (tertiary alicyclic amines) is 1. The first-order chi connectivity index (χ1) is 14.2. The molecule has 30 heavy (non-hydrogen) atoms. The number of hydrogen-bond donors (Lipinski definition) is 1. The van der Waals surface area contributed by atoms with Crippen molar-refractivity contribution in [2.75, 3.05) is 39.4 Å². The molecule has 0 saturated carbocycles. The predicted octanol–water partition coefficient (Wildman–Crippen LogP) is 4.19. The van der Waals surface area contributed by atoms with Crippen molar-refractivity contribution in [2.24, 2.45) is 4.99 Å². The molecule has 6 nitrogen and oxygen atoms in total. The van der Waals surface area contributed by atoms with Crippen molar-refractivity contribution in [1.82, 2.24) is 15.2 Å². The minimum atomic E-state index is 0. The van der Waals surface area contributed by atoms with Crippen LogP contribution in [-0.2, 0) is 22.3 Å². The Morgan fingerprint density at radius 1 is 1.27 bits per heavy atom. The Morgan fingerprint density at radius 3 is 2.70 bits per heavy atom. The van der Waals surface area contributed by atoms with Crippen molar-refractivity contribution in [3.63, 3.8) is 0 Å². The number of aromatic nitrogens is 1. The van der Waals surface area contributed by atoms with E-state index >= 15 is 0 Å². The molecule has 2 aliphatic heterocycles. The lowest BCUT2D eigenvalue weighted by atomic mass is 10.1. The van der Waals surface area contributed by atoms with Crippen LogP contribution in [0.15, 0.2) is 4.99 Å². The zero-order chi connectivity index (χ0) is 20.5. The first kappa shape index (κ1) is 25.8. The number of hydrogen-bond acceptors (Lipinski definition) is 5. The molecule has 0 aromatic carbocycles. The van der Waals surface area contributed by atoms with Gasteiger partial charge in [0.2, 0.25) is 0 Å². The van der Waals surface area contributed by atoms with Gasteiger partial charge < -0.3 is 19.7 Å². The van der Waals surface area contributed by atoms with Crippen molar-refractivity contribution >= 4 is 41.3 Å². The molecule has 2 aliphatic rings. The summed E-state index contributed by atoms with van der Waals surface area (Å²) in [5.41, 5.74) is 1.24. The third-order valence-electron chi connectivity index (χ3n) is 5.73. The average molecular weight is 551 g/mol. The van der Waals surface area contributed by atoms with Gasteiger partial charge in [0.25, 0.3) is 0 Å². The normalized spacial score (nSPS) is 20.8. The zero-order valence-electron chi connectivity index (χ0n) is 18.8. The van der Waals surface area contributed by atoms with E-state index in [9.17, 15) is 0 Å². The molecule has 1 unspecified atom stereocenters. The van der Waals surface area contributed by atoms with Gasteiger partial charge in [-0.15, -0.1) is 35.3 Å². The van der Waals surface area contributed by atoms with Crippen LogP contribution in [0.1, 0.15) is 61.5 Å². The Bertz CT molecular complexity index is 641. The molecule has 2 fully saturated rings. The van der Waals surface area contributed by atoms with Gasteiger partial charge in [0.1, 0.15) is 0 Å². The molecule has 8 heteroatoms. The lowest BCUT2D eigenvalue weighted by Gasteiger charge is -2.35. The van der Waals surface area contributed by atoms with Crippen molar-refractivity contribution in [3.05, 3.63) is 15.6 Å². The van der Waals surface area contributed by atoms with E-state index in [1.54, 1.807) is 0 Å². The molecule has 1 N–H and O–H groups in total. The summed E-state index contributed by atoms with van der Waals surface area (Å²) in [7, 11) is 0. The Morgan fingerprint density at radius 2 is 2.07 bits per heavy atom. The SMILES string of the molecule is CCNC(=NCCc1nc(CC)c(C)s1)N1CCC(OCC2CCCCO2)CC1.I. The first-order valence-corrected chi connectivity index (χ1v) is 12.2. The van der Waals surface area contributed by atoms with E-state index in [0.717, 1.165) is 77.5 Å². The van der Waals surface area contributed by atoms with E-state index in [4.69, 9.17) is 19.5 Å². The number of nitrogens with zero attached hydrogens (tertiary/aromatic N) is 3. The van der Waals surface area contributed by atoms with Crippen LogP contribution in [-0.4, -0.2) is 67.4 Å². The maximum Gasteiger partial charge on any atom is 0.193 e. The number of nitrogens with one attached hydrogen (secondary N) is 1. The van der Waals surface area contributed by atoms with Crippen LogP contribution in [0.2, 0.25) is 0 Å². The number of rotatable bonds is 8.